The van der Waals surface area contributed by atoms with E-state index in [1.165, 1.54) is 12.1 Å². The van der Waals surface area contributed by atoms with Crippen LogP contribution >= 0.6 is 12.4 Å². The van der Waals surface area contributed by atoms with E-state index in [2.05, 4.69) is 10.6 Å². The van der Waals surface area contributed by atoms with Crippen molar-refractivity contribution in [2.24, 2.45) is 5.92 Å². The fourth-order valence-electron chi connectivity index (χ4n) is 4.19. The van der Waals surface area contributed by atoms with Crippen LogP contribution in [0.25, 0.3) is 0 Å². The Kier molecular flexibility index (Phi) is 7.45. The lowest BCUT2D eigenvalue weighted by Gasteiger charge is -2.37. The van der Waals surface area contributed by atoms with Gasteiger partial charge in [-0.15, -0.1) is 12.4 Å². The fraction of sp³-hybridized carbons (Fsp3) is 0.391. The van der Waals surface area contributed by atoms with Crippen molar-refractivity contribution in [2.75, 3.05) is 19.6 Å². The van der Waals surface area contributed by atoms with Crippen molar-refractivity contribution in [2.45, 2.75) is 31.8 Å². The van der Waals surface area contributed by atoms with Crippen molar-refractivity contribution in [3.8, 4) is 0 Å². The number of nitrogens with one attached hydrogen (secondary N) is 2. The van der Waals surface area contributed by atoms with Crippen LogP contribution in [0.2, 0.25) is 0 Å². The van der Waals surface area contributed by atoms with E-state index in [9.17, 15) is 14.0 Å². The molecule has 0 bridgehead atoms. The molecule has 5 nitrogen and oxygen atoms in total. The number of rotatable bonds is 5. The number of hydrogen-bond acceptors (Lipinski definition) is 3. The minimum Gasteiger partial charge on any atom is -0.354 e. The highest BCUT2D eigenvalue weighted by atomic mass is 35.5. The van der Waals surface area contributed by atoms with Crippen LogP contribution in [0, 0.1) is 11.7 Å². The Bertz CT molecular complexity index is 884. The summed E-state index contributed by atoms with van der Waals surface area (Å²) in [5.74, 6) is -0.395. The third-order valence-electron chi connectivity index (χ3n) is 5.87. The summed E-state index contributed by atoms with van der Waals surface area (Å²) in [6, 6.07) is 13.8. The molecule has 30 heavy (non-hydrogen) atoms. The number of nitrogens with zero attached hydrogens (tertiary/aromatic N) is 1. The molecule has 4 rings (SSSR count). The lowest BCUT2D eigenvalue weighted by atomic mass is 9.92. The van der Waals surface area contributed by atoms with Gasteiger partial charge in [0.2, 0.25) is 11.8 Å². The Morgan fingerprint density at radius 2 is 1.83 bits per heavy atom. The molecule has 7 heteroatoms. The number of fused-ring (bicyclic) bond motifs is 1. The van der Waals surface area contributed by atoms with E-state index in [1.54, 1.807) is 17.0 Å². The minimum absolute atomic E-state index is 0. The molecular formula is C23H27ClFN3O2. The summed E-state index contributed by atoms with van der Waals surface area (Å²) in [7, 11) is 0. The SMILES string of the molecule is Cl.O=C(NCCc1ccc(F)cc1)C1Cc2ccccc2CN1C(=O)C1CCNC1. The Hall–Kier alpha value is -2.44. The quantitative estimate of drug-likeness (QED) is 0.764. The highest BCUT2D eigenvalue weighted by Crippen LogP contribution is 2.26. The van der Waals surface area contributed by atoms with Crippen LogP contribution in [-0.2, 0) is 29.0 Å². The Balaban J connectivity index is 0.00000256. The third kappa shape index (κ3) is 4.99. The van der Waals surface area contributed by atoms with E-state index in [-0.39, 0.29) is 36.0 Å². The molecule has 1 fully saturated rings. The number of carbonyl (C=O) groups is 2. The van der Waals surface area contributed by atoms with E-state index < -0.39 is 6.04 Å². The monoisotopic (exact) mass is 431 g/mol. The fourth-order valence-corrected chi connectivity index (χ4v) is 4.19. The second-order valence-corrected chi connectivity index (χ2v) is 7.81. The second-order valence-electron chi connectivity index (χ2n) is 7.81. The number of amides is 2. The molecule has 2 atom stereocenters. The van der Waals surface area contributed by atoms with E-state index in [4.69, 9.17) is 0 Å². The van der Waals surface area contributed by atoms with Crippen molar-refractivity contribution >= 4 is 24.2 Å². The van der Waals surface area contributed by atoms with Crippen molar-refractivity contribution < 1.29 is 14.0 Å². The van der Waals surface area contributed by atoms with Gasteiger partial charge in [-0.1, -0.05) is 36.4 Å². The van der Waals surface area contributed by atoms with Gasteiger partial charge in [0.15, 0.2) is 0 Å². The van der Waals surface area contributed by atoms with Crippen LogP contribution in [0.1, 0.15) is 23.1 Å². The molecule has 0 aromatic heterocycles. The summed E-state index contributed by atoms with van der Waals surface area (Å²) in [6.07, 6.45) is 1.97. The van der Waals surface area contributed by atoms with Crippen LogP contribution in [0.3, 0.4) is 0 Å². The molecule has 2 aromatic carbocycles. The zero-order valence-corrected chi connectivity index (χ0v) is 17.6. The van der Waals surface area contributed by atoms with Crippen molar-refractivity contribution in [1.82, 2.24) is 15.5 Å². The maximum atomic E-state index is 13.1. The maximum absolute atomic E-state index is 13.1. The summed E-state index contributed by atoms with van der Waals surface area (Å²) >= 11 is 0. The molecule has 2 amide bonds. The summed E-state index contributed by atoms with van der Waals surface area (Å²) in [6.45, 7) is 2.45. The normalized spacial score (nSPS) is 20.2. The predicted octanol–water partition coefficient (Wildman–Crippen LogP) is 2.47. The summed E-state index contributed by atoms with van der Waals surface area (Å²) < 4.78 is 13.0. The number of hydrogen-bond donors (Lipinski definition) is 2. The van der Waals surface area contributed by atoms with E-state index in [1.807, 2.05) is 24.3 Å². The molecule has 2 aromatic rings. The van der Waals surface area contributed by atoms with Gasteiger partial charge in [-0.3, -0.25) is 9.59 Å². The van der Waals surface area contributed by atoms with Gasteiger partial charge < -0.3 is 15.5 Å². The first-order valence-electron chi connectivity index (χ1n) is 10.2. The predicted molar refractivity (Wildman–Crippen MR) is 116 cm³/mol. The summed E-state index contributed by atoms with van der Waals surface area (Å²) in [4.78, 5) is 27.9. The van der Waals surface area contributed by atoms with Crippen LogP contribution < -0.4 is 10.6 Å². The van der Waals surface area contributed by atoms with Crippen LogP contribution in [0.4, 0.5) is 4.39 Å². The van der Waals surface area contributed by atoms with E-state index in [0.29, 0.717) is 32.5 Å². The highest BCUT2D eigenvalue weighted by molar-refractivity contribution is 5.89. The smallest absolute Gasteiger partial charge is 0.243 e. The first kappa shape index (κ1) is 22.2. The first-order chi connectivity index (χ1) is 14.1. The maximum Gasteiger partial charge on any atom is 0.243 e. The molecule has 1 saturated heterocycles. The van der Waals surface area contributed by atoms with Gasteiger partial charge in [-0.05, 0) is 48.2 Å². The molecule has 0 saturated carbocycles. The van der Waals surface area contributed by atoms with Gasteiger partial charge in [0.25, 0.3) is 0 Å². The van der Waals surface area contributed by atoms with Crippen molar-refractivity contribution in [3.05, 3.63) is 71.0 Å². The first-order valence-corrected chi connectivity index (χ1v) is 10.2. The molecule has 2 aliphatic rings. The zero-order chi connectivity index (χ0) is 20.2. The van der Waals surface area contributed by atoms with Gasteiger partial charge in [-0.25, -0.2) is 4.39 Å². The zero-order valence-electron chi connectivity index (χ0n) is 16.8. The molecule has 2 N–H and O–H groups in total. The molecule has 2 heterocycles. The standard InChI is InChI=1S/C23H26FN3O2.ClH/c24-20-7-5-16(6-8-20)9-12-26-22(28)21-13-17-3-1-2-4-19(17)15-27(21)23(29)18-10-11-25-14-18;/h1-8,18,21,25H,9-15H2,(H,26,28);1H. The second kappa shape index (κ2) is 10.0. The van der Waals surface area contributed by atoms with Gasteiger partial charge in [0.1, 0.15) is 11.9 Å². The van der Waals surface area contributed by atoms with Crippen molar-refractivity contribution in [3.63, 3.8) is 0 Å². The average molecular weight is 432 g/mol. The number of halogens is 2. The van der Waals surface area contributed by atoms with Gasteiger partial charge in [-0.2, -0.15) is 0 Å². The highest BCUT2D eigenvalue weighted by Gasteiger charge is 2.37. The third-order valence-corrected chi connectivity index (χ3v) is 5.87. The van der Waals surface area contributed by atoms with Crippen LogP contribution in [-0.4, -0.2) is 42.4 Å². The molecule has 0 spiro atoms. The Morgan fingerprint density at radius 3 is 2.53 bits per heavy atom. The largest absolute Gasteiger partial charge is 0.354 e. The van der Waals surface area contributed by atoms with Crippen LogP contribution in [0.15, 0.2) is 48.5 Å². The average Bonchev–Trinajstić information content (AvgIpc) is 3.28. The van der Waals surface area contributed by atoms with Gasteiger partial charge in [0, 0.05) is 26.1 Å². The molecular weight excluding hydrogens is 405 g/mol. The number of carbonyl (C=O) groups excluding carboxylic acids is 2. The molecule has 2 unspecified atom stereocenters. The lowest BCUT2D eigenvalue weighted by molar-refractivity contribution is -0.144. The summed E-state index contributed by atoms with van der Waals surface area (Å²) in [5.41, 5.74) is 3.20. The molecule has 0 aliphatic carbocycles. The van der Waals surface area contributed by atoms with Gasteiger partial charge in [0.05, 0.1) is 5.92 Å². The van der Waals surface area contributed by atoms with Crippen molar-refractivity contribution in [1.29, 1.82) is 0 Å². The topological polar surface area (TPSA) is 61.4 Å². The molecule has 0 radical (unpaired) electrons. The van der Waals surface area contributed by atoms with E-state index in [0.717, 1.165) is 29.7 Å². The molecule has 160 valence electrons. The Labute approximate surface area is 182 Å². The van der Waals surface area contributed by atoms with E-state index >= 15 is 0 Å². The summed E-state index contributed by atoms with van der Waals surface area (Å²) in [5, 5.41) is 6.22. The molecule has 2 aliphatic heterocycles. The van der Waals surface area contributed by atoms with Crippen LogP contribution in [0.5, 0.6) is 0 Å². The minimum atomic E-state index is -0.494. The lowest BCUT2D eigenvalue weighted by Crippen LogP contribution is -2.54. The number of benzene rings is 2. The Morgan fingerprint density at radius 1 is 1.10 bits per heavy atom. The van der Waals surface area contributed by atoms with Gasteiger partial charge >= 0.3 is 0 Å².